The lowest BCUT2D eigenvalue weighted by Gasteiger charge is -2.41. The number of carbonyl (C=O) groups is 1. The molecule has 0 saturated heterocycles. The van der Waals surface area contributed by atoms with E-state index in [1.807, 2.05) is 10.7 Å². The molecule has 1 saturated carbocycles. The molecule has 0 radical (unpaired) electrons. The standard InChI is InChI=1S/C23H29N3O3S2/c1-14(2)26-20-11-16(22(27)24-23(3)12-17(30)13-23)8-9-19(20)21(25-26)15-6-5-7-18(10-15)31(4,28)29/h5-7,10,14,16H,8-9,11-13H2,1-4H3,(H,24,27). The van der Waals surface area contributed by atoms with Crippen LogP contribution in [0.1, 0.15) is 57.3 Å². The molecular weight excluding hydrogens is 430 g/mol. The molecule has 1 fully saturated rings. The maximum absolute atomic E-state index is 13.0. The van der Waals surface area contributed by atoms with E-state index in [1.54, 1.807) is 18.2 Å². The lowest BCUT2D eigenvalue weighted by Crippen LogP contribution is -2.56. The predicted molar refractivity (Wildman–Crippen MR) is 125 cm³/mol. The van der Waals surface area contributed by atoms with Crippen LogP contribution >= 0.6 is 12.2 Å². The Kier molecular flexibility index (Phi) is 5.58. The average molecular weight is 460 g/mol. The monoisotopic (exact) mass is 459 g/mol. The first kappa shape index (κ1) is 22.1. The van der Waals surface area contributed by atoms with Crippen molar-refractivity contribution >= 4 is 32.8 Å². The van der Waals surface area contributed by atoms with Crippen LogP contribution in [-0.4, -0.2) is 40.8 Å². The molecule has 8 heteroatoms. The van der Waals surface area contributed by atoms with Crippen molar-refractivity contribution in [2.75, 3.05) is 6.26 Å². The SMILES string of the molecule is CC(C)n1nc(-c2cccc(S(C)(=O)=O)c2)c2c1CC(C(=O)NC1(C)CC(=S)C1)CC2. The van der Waals surface area contributed by atoms with Gasteiger partial charge in [-0.05, 0) is 50.6 Å². The van der Waals surface area contributed by atoms with Gasteiger partial charge in [0.05, 0.1) is 10.6 Å². The molecule has 1 heterocycles. The lowest BCUT2D eigenvalue weighted by atomic mass is 9.77. The van der Waals surface area contributed by atoms with E-state index in [0.29, 0.717) is 6.42 Å². The fourth-order valence-corrected chi connectivity index (χ4v) is 6.00. The van der Waals surface area contributed by atoms with Gasteiger partial charge in [-0.2, -0.15) is 5.10 Å². The Balaban J connectivity index is 1.65. The van der Waals surface area contributed by atoms with Gasteiger partial charge in [0.15, 0.2) is 9.84 Å². The summed E-state index contributed by atoms with van der Waals surface area (Å²) in [4.78, 5) is 14.3. The van der Waals surface area contributed by atoms with E-state index in [4.69, 9.17) is 17.3 Å². The molecule has 1 unspecified atom stereocenters. The van der Waals surface area contributed by atoms with Crippen LogP contribution in [0, 0.1) is 5.92 Å². The molecule has 0 bridgehead atoms. The number of rotatable bonds is 5. The number of thiocarbonyl (C=S) groups is 1. The molecule has 166 valence electrons. The highest BCUT2D eigenvalue weighted by Crippen LogP contribution is 2.36. The smallest absolute Gasteiger partial charge is 0.223 e. The van der Waals surface area contributed by atoms with Crippen molar-refractivity contribution in [3.05, 3.63) is 35.5 Å². The lowest BCUT2D eigenvalue weighted by molar-refractivity contribution is -0.127. The summed E-state index contributed by atoms with van der Waals surface area (Å²) < 4.78 is 26.0. The highest BCUT2D eigenvalue weighted by molar-refractivity contribution is 7.90. The fraction of sp³-hybridized carbons (Fsp3) is 0.522. The average Bonchev–Trinajstić information content (AvgIpc) is 3.05. The van der Waals surface area contributed by atoms with Gasteiger partial charge in [0, 0.05) is 59.8 Å². The summed E-state index contributed by atoms with van der Waals surface area (Å²) in [5, 5.41) is 8.08. The zero-order valence-electron chi connectivity index (χ0n) is 18.4. The van der Waals surface area contributed by atoms with Crippen LogP contribution in [0.15, 0.2) is 29.2 Å². The van der Waals surface area contributed by atoms with Crippen molar-refractivity contribution in [2.45, 2.75) is 69.4 Å². The highest BCUT2D eigenvalue weighted by Gasteiger charge is 2.40. The normalized spacial score (nSPS) is 20.3. The van der Waals surface area contributed by atoms with Crippen molar-refractivity contribution in [2.24, 2.45) is 5.92 Å². The number of hydrogen-bond donors (Lipinski definition) is 1. The van der Waals surface area contributed by atoms with E-state index in [0.717, 1.165) is 53.1 Å². The second-order valence-electron chi connectivity index (χ2n) is 9.49. The third kappa shape index (κ3) is 4.32. The number of benzene rings is 1. The van der Waals surface area contributed by atoms with Gasteiger partial charge < -0.3 is 5.32 Å². The van der Waals surface area contributed by atoms with Crippen LogP contribution in [0.25, 0.3) is 11.3 Å². The van der Waals surface area contributed by atoms with Crippen LogP contribution in [0.4, 0.5) is 0 Å². The van der Waals surface area contributed by atoms with Crippen molar-refractivity contribution in [3.8, 4) is 11.3 Å². The van der Waals surface area contributed by atoms with Crippen molar-refractivity contribution in [3.63, 3.8) is 0 Å². The van der Waals surface area contributed by atoms with E-state index >= 15 is 0 Å². The maximum Gasteiger partial charge on any atom is 0.223 e. The minimum absolute atomic E-state index is 0.0905. The molecule has 1 atom stereocenters. The van der Waals surface area contributed by atoms with E-state index in [-0.39, 0.29) is 28.3 Å². The number of nitrogens with one attached hydrogen (secondary N) is 1. The van der Waals surface area contributed by atoms with Crippen LogP contribution in [0.3, 0.4) is 0 Å². The van der Waals surface area contributed by atoms with E-state index in [2.05, 4.69) is 26.1 Å². The van der Waals surface area contributed by atoms with Gasteiger partial charge in [0.2, 0.25) is 5.91 Å². The van der Waals surface area contributed by atoms with Gasteiger partial charge in [0.25, 0.3) is 0 Å². The van der Waals surface area contributed by atoms with Crippen molar-refractivity contribution in [1.82, 2.24) is 15.1 Å². The summed E-state index contributed by atoms with van der Waals surface area (Å²) in [6, 6.07) is 7.11. The number of carbonyl (C=O) groups excluding carboxylic acids is 1. The zero-order chi connectivity index (χ0) is 22.6. The molecule has 2 aliphatic carbocycles. The summed E-state index contributed by atoms with van der Waals surface area (Å²) >= 11 is 5.22. The summed E-state index contributed by atoms with van der Waals surface area (Å²) in [6.07, 6.45) is 4.90. The number of aromatic nitrogens is 2. The van der Waals surface area contributed by atoms with Crippen LogP contribution in [-0.2, 0) is 27.5 Å². The van der Waals surface area contributed by atoms with Gasteiger partial charge in [-0.1, -0.05) is 24.4 Å². The summed E-state index contributed by atoms with van der Waals surface area (Å²) in [7, 11) is -3.30. The quantitative estimate of drug-likeness (QED) is 0.690. The Labute approximate surface area is 189 Å². The third-order valence-electron chi connectivity index (χ3n) is 6.30. The highest BCUT2D eigenvalue weighted by atomic mass is 32.2. The first-order chi connectivity index (χ1) is 14.5. The van der Waals surface area contributed by atoms with Crippen LogP contribution < -0.4 is 5.32 Å². The molecular formula is C23H29N3O3S2. The van der Waals surface area contributed by atoms with Gasteiger partial charge >= 0.3 is 0 Å². The Morgan fingerprint density at radius 1 is 1.32 bits per heavy atom. The zero-order valence-corrected chi connectivity index (χ0v) is 20.1. The van der Waals surface area contributed by atoms with Gasteiger partial charge in [-0.3, -0.25) is 9.48 Å². The number of sulfone groups is 1. The maximum atomic E-state index is 13.0. The Hall–Kier alpha value is -2.06. The predicted octanol–water partition coefficient (Wildman–Crippen LogP) is 3.68. The van der Waals surface area contributed by atoms with E-state index < -0.39 is 9.84 Å². The molecule has 2 aromatic rings. The molecule has 2 aliphatic rings. The Morgan fingerprint density at radius 2 is 2.03 bits per heavy atom. The third-order valence-corrected chi connectivity index (χ3v) is 7.70. The first-order valence-electron chi connectivity index (χ1n) is 10.7. The van der Waals surface area contributed by atoms with Gasteiger partial charge in [-0.15, -0.1) is 0 Å². The van der Waals surface area contributed by atoms with E-state index in [9.17, 15) is 13.2 Å². The summed E-state index contributed by atoms with van der Waals surface area (Å²) in [5.74, 6) is -0.00400. The fourth-order valence-electron chi connectivity index (χ4n) is 4.70. The molecule has 31 heavy (non-hydrogen) atoms. The molecule has 1 aromatic heterocycles. The first-order valence-corrected chi connectivity index (χ1v) is 13.0. The van der Waals surface area contributed by atoms with Crippen molar-refractivity contribution in [1.29, 1.82) is 0 Å². The van der Waals surface area contributed by atoms with Crippen molar-refractivity contribution < 1.29 is 13.2 Å². The Morgan fingerprint density at radius 3 is 2.65 bits per heavy atom. The molecule has 1 amide bonds. The van der Waals surface area contributed by atoms with Gasteiger partial charge in [-0.25, -0.2) is 8.42 Å². The summed E-state index contributed by atoms with van der Waals surface area (Å²) in [5.41, 5.74) is 3.63. The second-order valence-corrected chi connectivity index (χ2v) is 12.1. The molecule has 6 nitrogen and oxygen atoms in total. The van der Waals surface area contributed by atoms with Crippen LogP contribution in [0.2, 0.25) is 0 Å². The molecule has 4 rings (SSSR count). The van der Waals surface area contributed by atoms with E-state index in [1.165, 1.54) is 6.26 Å². The molecule has 1 aromatic carbocycles. The van der Waals surface area contributed by atoms with Crippen LogP contribution in [0.5, 0.6) is 0 Å². The Bertz CT molecular complexity index is 1160. The van der Waals surface area contributed by atoms with Gasteiger partial charge in [0.1, 0.15) is 0 Å². The second kappa shape index (κ2) is 7.81. The number of nitrogens with zero attached hydrogens (tertiary/aromatic N) is 2. The molecule has 1 N–H and O–H groups in total. The largest absolute Gasteiger partial charge is 0.350 e. The number of amides is 1. The minimum atomic E-state index is -3.30. The molecule has 0 aliphatic heterocycles. The topological polar surface area (TPSA) is 81.1 Å². The summed E-state index contributed by atoms with van der Waals surface area (Å²) in [6.45, 7) is 6.20. The minimum Gasteiger partial charge on any atom is -0.350 e. The number of fused-ring (bicyclic) bond motifs is 1. The molecule has 0 spiro atoms. The number of hydrogen-bond acceptors (Lipinski definition) is 5.